The molecule has 2 aromatic rings. The molecule has 2 aromatic carbocycles. The molecule has 19 heavy (non-hydrogen) atoms. The molecule has 1 aliphatic rings. The second-order valence-corrected chi connectivity index (χ2v) is 4.86. The Bertz CT molecular complexity index is 566. The highest BCUT2D eigenvalue weighted by molar-refractivity contribution is 5.34. The van der Waals surface area contributed by atoms with Crippen molar-refractivity contribution < 1.29 is 9.13 Å². The fourth-order valence-electron chi connectivity index (χ4n) is 1.94. The van der Waals surface area contributed by atoms with Crippen molar-refractivity contribution in [1.82, 2.24) is 5.32 Å². The maximum absolute atomic E-state index is 13.1. The van der Waals surface area contributed by atoms with Crippen LogP contribution >= 0.6 is 0 Å². The summed E-state index contributed by atoms with van der Waals surface area (Å²) in [5.74, 6) is 0.969. The lowest BCUT2D eigenvalue weighted by Crippen LogP contribution is -2.15. The molecule has 1 N–H and O–H groups in total. The van der Waals surface area contributed by atoms with Crippen molar-refractivity contribution in [1.29, 1.82) is 0 Å². The molecule has 0 unspecified atom stereocenters. The molecule has 0 heterocycles. The smallest absolute Gasteiger partial charge is 0.130 e. The monoisotopic (exact) mass is 257 g/mol. The predicted octanol–water partition coefficient (Wildman–Crippen LogP) is 3.87. The second kappa shape index (κ2) is 5.41. The summed E-state index contributed by atoms with van der Waals surface area (Å²) in [5.41, 5.74) is 1.18. The van der Waals surface area contributed by atoms with Gasteiger partial charge in [0.05, 0.1) is 0 Å². The lowest BCUT2D eigenvalue weighted by molar-refractivity contribution is 0.475. The molecule has 0 aliphatic heterocycles. The van der Waals surface area contributed by atoms with Gasteiger partial charge in [0.15, 0.2) is 0 Å². The molecule has 0 saturated heterocycles. The van der Waals surface area contributed by atoms with E-state index in [9.17, 15) is 4.39 Å². The lowest BCUT2D eigenvalue weighted by atomic mass is 10.2. The van der Waals surface area contributed by atoms with Crippen LogP contribution in [0.25, 0.3) is 0 Å². The van der Waals surface area contributed by atoms with Crippen molar-refractivity contribution in [2.45, 2.75) is 25.4 Å². The summed E-state index contributed by atoms with van der Waals surface area (Å²) in [5, 5.41) is 3.46. The molecule has 0 spiro atoms. The van der Waals surface area contributed by atoms with Crippen LogP contribution in [0.4, 0.5) is 4.39 Å². The summed E-state index contributed by atoms with van der Waals surface area (Å²) in [6.07, 6.45) is 2.55. The third-order valence-corrected chi connectivity index (χ3v) is 3.10. The van der Waals surface area contributed by atoms with Gasteiger partial charge in [-0.05, 0) is 42.7 Å². The summed E-state index contributed by atoms with van der Waals surface area (Å²) >= 11 is 0. The SMILES string of the molecule is Fc1cccc(Oc2cccc(CNC3CC3)c2)c1. The minimum Gasteiger partial charge on any atom is -0.457 e. The van der Waals surface area contributed by atoms with E-state index >= 15 is 0 Å². The average molecular weight is 257 g/mol. The zero-order valence-electron chi connectivity index (χ0n) is 10.6. The first-order valence-electron chi connectivity index (χ1n) is 6.55. The predicted molar refractivity (Wildman–Crippen MR) is 72.8 cm³/mol. The molecule has 1 aliphatic carbocycles. The van der Waals surface area contributed by atoms with Gasteiger partial charge in [0.1, 0.15) is 17.3 Å². The Morgan fingerprint density at radius 2 is 1.79 bits per heavy atom. The first kappa shape index (κ1) is 12.2. The summed E-state index contributed by atoms with van der Waals surface area (Å²) in [7, 11) is 0. The van der Waals surface area contributed by atoms with Crippen molar-refractivity contribution in [3.63, 3.8) is 0 Å². The van der Waals surface area contributed by atoms with Crippen LogP contribution < -0.4 is 10.1 Å². The molecular weight excluding hydrogens is 241 g/mol. The number of nitrogens with one attached hydrogen (secondary N) is 1. The Morgan fingerprint density at radius 1 is 1.05 bits per heavy atom. The van der Waals surface area contributed by atoms with E-state index in [-0.39, 0.29) is 5.82 Å². The number of hydrogen-bond donors (Lipinski definition) is 1. The van der Waals surface area contributed by atoms with Gasteiger partial charge >= 0.3 is 0 Å². The van der Waals surface area contributed by atoms with Crippen molar-refractivity contribution in [3.8, 4) is 11.5 Å². The van der Waals surface area contributed by atoms with Gasteiger partial charge in [0, 0.05) is 18.7 Å². The second-order valence-electron chi connectivity index (χ2n) is 4.86. The Balaban J connectivity index is 1.67. The minimum absolute atomic E-state index is 0.288. The Hall–Kier alpha value is -1.87. The van der Waals surface area contributed by atoms with Crippen LogP contribution in [0.2, 0.25) is 0 Å². The Kier molecular flexibility index (Phi) is 3.47. The minimum atomic E-state index is -0.288. The van der Waals surface area contributed by atoms with E-state index in [1.54, 1.807) is 12.1 Å². The van der Waals surface area contributed by atoms with Gasteiger partial charge in [-0.15, -0.1) is 0 Å². The van der Waals surface area contributed by atoms with Crippen LogP contribution in [-0.2, 0) is 6.54 Å². The van der Waals surface area contributed by atoms with Gasteiger partial charge in [0.2, 0.25) is 0 Å². The molecule has 1 fully saturated rings. The average Bonchev–Trinajstić information content (AvgIpc) is 3.21. The van der Waals surface area contributed by atoms with E-state index in [0.717, 1.165) is 12.3 Å². The Labute approximate surface area is 112 Å². The molecule has 0 radical (unpaired) electrons. The van der Waals surface area contributed by atoms with Crippen LogP contribution in [0.5, 0.6) is 11.5 Å². The third kappa shape index (κ3) is 3.55. The zero-order chi connectivity index (χ0) is 13.1. The third-order valence-electron chi connectivity index (χ3n) is 3.10. The molecule has 3 heteroatoms. The van der Waals surface area contributed by atoms with Crippen LogP contribution in [0, 0.1) is 5.82 Å². The van der Waals surface area contributed by atoms with Crippen LogP contribution in [-0.4, -0.2) is 6.04 Å². The van der Waals surface area contributed by atoms with E-state index in [4.69, 9.17) is 4.74 Å². The molecular formula is C16H16FNO. The fraction of sp³-hybridized carbons (Fsp3) is 0.250. The van der Waals surface area contributed by atoms with E-state index in [0.29, 0.717) is 11.8 Å². The van der Waals surface area contributed by atoms with Gasteiger partial charge in [-0.2, -0.15) is 0 Å². The highest BCUT2D eigenvalue weighted by atomic mass is 19.1. The van der Waals surface area contributed by atoms with E-state index in [1.807, 2.05) is 18.2 Å². The lowest BCUT2D eigenvalue weighted by Gasteiger charge is -2.08. The molecule has 3 rings (SSSR count). The fourth-order valence-corrected chi connectivity index (χ4v) is 1.94. The zero-order valence-corrected chi connectivity index (χ0v) is 10.6. The van der Waals surface area contributed by atoms with Crippen molar-refractivity contribution >= 4 is 0 Å². The van der Waals surface area contributed by atoms with Gasteiger partial charge in [-0.1, -0.05) is 18.2 Å². The molecule has 1 saturated carbocycles. The van der Waals surface area contributed by atoms with Gasteiger partial charge in [-0.25, -0.2) is 4.39 Å². The van der Waals surface area contributed by atoms with Crippen molar-refractivity contribution in [2.75, 3.05) is 0 Å². The molecule has 0 bridgehead atoms. The maximum Gasteiger partial charge on any atom is 0.130 e. The van der Waals surface area contributed by atoms with Crippen molar-refractivity contribution in [2.24, 2.45) is 0 Å². The number of hydrogen-bond acceptors (Lipinski definition) is 2. The molecule has 0 aromatic heterocycles. The summed E-state index contributed by atoms with van der Waals surface area (Å²) in [4.78, 5) is 0. The first-order chi connectivity index (χ1) is 9.29. The summed E-state index contributed by atoms with van der Waals surface area (Å²) < 4.78 is 18.7. The van der Waals surface area contributed by atoms with Crippen LogP contribution in [0.3, 0.4) is 0 Å². The number of halogens is 1. The molecule has 0 atom stereocenters. The molecule has 0 amide bonds. The quantitative estimate of drug-likeness (QED) is 0.878. The Morgan fingerprint density at radius 3 is 2.53 bits per heavy atom. The largest absolute Gasteiger partial charge is 0.457 e. The van der Waals surface area contributed by atoms with E-state index in [1.165, 1.54) is 30.5 Å². The first-order valence-corrected chi connectivity index (χ1v) is 6.55. The maximum atomic E-state index is 13.1. The standard InChI is InChI=1S/C16H16FNO/c17-13-4-2-6-16(10-13)19-15-5-1-3-12(9-15)11-18-14-7-8-14/h1-6,9-10,14,18H,7-8,11H2. The van der Waals surface area contributed by atoms with Crippen molar-refractivity contribution in [3.05, 3.63) is 59.9 Å². The highest BCUT2D eigenvalue weighted by Crippen LogP contribution is 2.24. The summed E-state index contributed by atoms with van der Waals surface area (Å²) in [6.45, 7) is 0.852. The van der Waals surface area contributed by atoms with Crippen LogP contribution in [0.1, 0.15) is 18.4 Å². The van der Waals surface area contributed by atoms with Gasteiger partial charge in [-0.3, -0.25) is 0 Å². The van der Waals surface area contributed by atoms with Gasteiger partial charge < -0.3 is 10.1 Å². The topological polar surface area (TPSA) is 21.3 Å². The number of ether oxygens (including phenoxy) is 1. The van der Waals surface area contributed by atoms with Crippen LogP contribution in [0.15, 0.2) is 48.5 Å². The van der Waals surface area contributed by atoms with Gasteiger partial charge in [0.25, 0.3) is 0 Å². The summed E-state index contributed by atoms with van der Waals surface area (Å²) in [6, 6.07) is 14.8. The highest BCUT2D eigenvalue weighted by Gasteiger charge is 2.19. The van der Waals surface area contributed by atoms with E-state index < -0.39 is 0 Å². The molecule has 98 valence electrons. The molecule has 2 nitrogen and oxygen atoms in total. The number of rotatable bonds is 5. The number of benzene rings is 2. The van der Waals surface area contributed by atoms with E-state index in [2.05, 4.69) is 11.4 Å². The normalized spacial score (nSPS) is 14.4.